The van der Waals surface area contributed by atoms with Crippen molar-refractivity contribution in [3.63, 3.8) is 0 Å². The summed E-state index contributed by atoms with van der Waals surface area (Å²) in [4.78, 5) is 14.8. The van der Waals surface area contributed by atoms with E-state index in [2.05, 4.69) is 4.90 Å². The minimum atomic E-state index is 0.294. The van der Waals surface area contributed by atoms with Crippen LogP contribution in [0.4, 0.5) is 0 Å². The van der Waals surface area contributed by atoms with E-state index in [1.807, 2.05) is 30.3 Å². The first-order valence-electron chi connectivity index (χ1n) is 8.79. The molecule has 3 rings (SSSR count). The van der Waals surface area contributed by atoms with Crippen LogP contribution in [0.1, 0.15) is 44.9 Å². The summed E-state index contributed by atoms with van der Waals surface area (Å²) in [5, 5.41) is 0. The summed E-state index contributed by atoms with van der Waals surface area (Å²) < 4.78 is 5.88. The number of rotatable bonds is 4. The average Bonchev–Trinajstić information content (AvgIpc) is 2.61. The lowest BCUT2D eigenvalue weighted by Gasteiger charge is -2.35. The van der Waals surface area contributed by atoms with Gasteiger partial charge in [-0.25, -0.2) is 0 Å². The maximum Gasteiger partial charge on any atom is 0.225 e. The van der Waals surface area contributed by atoms with Gasteiger partial charge >= 0.3 is 0 Å². The van der Waals surface area contributed by atoms with Crippen LogP contribution in [0.25, 0.3) is 0 Å². The molecule has 1 aliphatic heterocycles. The van der Waals surface area contributed by atoms with E-state index < -0.39 is 0 Å². The van der Waals surface area contributed by atoms with Gasteiger partial charge in [0, 0.05) is 24.9 Å². The van der Waals surface area contributed by atoms with E-state index in [0.717, 1.165) is 44.7 Å². The molecule has 1 saturated heterocycles. The normalized spacial score (nSPS) is 23.3. The van der Waals surface area contributed by atoms with Crippen molar-refractivity contribution < 1.29 is 9.53 Å². The zero-order valence-corrected chi connectivity index (χ0v) is 13.4. The molecule has 22 heavy (non-hydrogen) atoms. The zero-order valence-electron chi connectivity index (χ0n) is 13.4. The van der Waals surface area contributed by atoms with Gasteiger partial charge in [0.1, 0.15) is 5.75 Å². The second-order valence-corrected chi connectivity index (χ2v) is 6.75. The van der Waals surface area contributed by atoms with Gasteiger partial charge in [-0.1, -0.05) is 37.5 Å². The van der Waals surface area contributed by atoms with E-state index >= 15 is 0 Å². The van der Waals surface area contributed by atoms with E-state index in [4.69, 9.17) is 4.74 Å². The van der Waals surface area contributed by atoms with Crippen LogP contribution in [0.2, 0.25) is 0 Å². The van der Waals surface area contributed by atoms with Gasteiger partial charge in [-0.15, -0.1) is 0 Å². The average molecular weight is 301 g/mol. The molecule has 2 fully saturated rings. The SMILES string of the molecule is O=C(C1CCCCC1)N1CCCC(COc2ccccc2)C1. The third-order valence-corrected chi connectivity index (χ3v) is 5.01. The molecule has 1 aromatic rings. The summed E-state index contributed by atoms with van der Waals surface area (Å²) in [5.41, 5.74) is 0. The van der Waals surface area contributed by atoms with E-state index in [1.54, 1.807) is 0 Å². The van der Waals surface area contributed by atoms with Gasteiger partial charge in [0.15, 0.2) is 0 Å². The smallest absolute Gasteiger partial charge is 0.225 e. The quantitative estimate of drug-likeness (QED) is 0.844. The molecule has 1 atom stereocenters. The van der Waals surface area contributed by atoms with Crippen molar-refractivity contribution in [1.29, 1.82) is 0 Å². The molecule has 1 aromatic carbocycles. The maximum absolute atomic E-state index is 12.7. The van der Waals surface area contributed by atoms with Crippen molar-refractivity contribution in [3.8, 4) is 5.75 Å². The number of amides is 1. The van der Waals surface area contributed by atoms with Gasteiger partial charge in [0.05, 0.1) is 6.61 Å². The predicted octanol–water partition coefficient (Wildman–Crippen LogP) is 3.88. The summed E-state index contributed by atoms with van der Waals surface area (Å²) in [6, 6.07) is 9.98. The molecular formula is C19H27NO2. The first-order chi connectivity index (χ1) is 10.8. The minimum absolute atomic E-state index is 0.294. The lowest BCUT2D eigenvalue weighted by molar-refractivity contribution is -0.138. The molecule has 3 nitrogen and oxygen atoms in total. The van der Waals surface area contributed by atoms with Crippen LogP contribution >= 0.6 is 0 Å². The number of benzene rings is 1. The lowest BCUT2D eigenvalue weighted by atomic mass is 9.87. The molecule has 3 heteroatoms. The van der Waals surface area contributed by atoms with Gasteiger partial charge in [-0.05, 0) is 37.8 Å². The predicted molar refractivity (Wildman–Crippen MR) is 87.8 cm³/mol. The number of hydrogen-bond donors (Lipinski definition) is 0. The van der Waals surface area contributed by atoms with Crippen LogP contribution in [0.15, 0.2) is 30.3 Å². The van der Waals surface area contributed by atoms with Crippen LogP contribution in [0.5, 0.6) is 5.75 Å². The van der Waals surface area contributed by atoms with E-state index in [-0.39, 0.29) is 0 Å². The van der Waals surface area contributed by atoms with Crippen LogP contribution in [0, 0.1) is 11.8 Å². The fourth-order valence-electron chi connectivity index (χ4n) is 3.74. The molecule has 1 amide bonds. The Hall–Kier alpha value is -1.51. The summed E-state index contributed by atoms with van der Waals surface area (Å²) in [6.07, 6.45) is 8.23. The molecule has 0 bridgehead atoms. The van der Waals surface area contributed by atoms with E-state index in [1.165, 1.54) is 25.7 Å². The molecule has 120 valence electrons. The highest BCUT2D eigenvalue weighted by molar-refractivity contribution is 5.79. The number of piperidine rings is 1. The third-order valence-electron chi connectivity index (χ3n) is 5.01. The topological polar surface area (TPSA) is 29.5 Å². The van der Waals surface area contributed by atoms with Crippen LogP contribution < -0.4 is 4.74 Å². The van der Waals surface area contributed by atoms with E-state index in [9.17, 15) is 4.79 Å². The fourth-order valence-corrected chi connectivity index (χ4v) is 3.74. The maximum atomic E-state index is 12.7. The molecule has 1 aliphatic carbocycles. The summed E-state index contributed by atoms with van der Waals surface area (Å²) >= 11 is 0. The fraction of sp³-hybridized carbons (Fsp3) is 0.632. The first-order valence-corrected chi connectivity index (χ1v) is 8.79. The van der Waals surface area contributed by atoms with Crippen molar-refractivity contribution in [1.82, 2.24) is 4.90 Å². The Kier molecular flexibility index (Phi) is 5.36. The Morgan fingerprint density at radius 2 is 1.82 bits per heavy atom. The Morgan fingerprint density at radius 1 is 1.05 bits per heavy atom. The highest BCUT2D eigenvalue weighted by Crippen LogP contribution is 2.27. The molecule has 1 unspecified atom stereocenters. The molecule has 1 saturated carbocycles. The second kappa shape index (κ2) is 7.66. The number of ether oxygens (including phenoxy) is 1. The molecule has 1 heterocycles. The molecular weight excluding hydrogens is 274 g/mol. The molecule has 0 spiro atoms. The third kappa shape index (κ3) is 4.02. The Balaban J connectivity index is 1.49. The van der Waals surface area contributed by atoms with Gasteiger partial charge < -0.3 is 9.64 Å². The lowest BCUT2D eigenvalue weighted by Crippen LogP contribution is -2.44. The number of carbonyl (C=O) groups excluding carboxylic acids is 1. The highest BCUT2D eigenvalue weighted by Gasteiger charge is 2.29. The Labute approximate surface area is 133 Å². The van der Waals surface area contributed by atoms with Crippen LogP contribution in [0.3, 0.4) is 0 Å². The highest BCUT2D eigenvalue weighted by atomic mass is 16.5. The number of carbonyl (C=O) groups is 1. The van der Waals surface area contributed by atoms with Crippen molar-refractivity contribution in [2.75, 3.05) is 19.7 Å². The van der Waals surface area contributed by atoms with Crippen molar-refractivity contribution in [2.24, 2.45) is 11.8 Å². The van der Waals surface area contributed by atoms with Gasteiger partial charge in [-0.3, -0.25) is 4.79 Å². The monoisotopic (exact) mass is 301 g/mol. The number of para-hydroxylation sites is 1. The number of nitrogens with zero attached hydrogens (tertiary/aromatic N) is 1. The molecule has 0 N–H and O–H groups in total. The largest absolute Gasteiger partial charge is 0.493 e. The molecule has 2 aliphatic rings. The van der Waals surface area contributed by atoms with Crippen molar-refractivity contribution in [2.45, 2.75) is 44.9 Å². The first kappa shape index (κ1) is 15.4. The van der Waals surface area contributed by atoms with Crippen molar-refractivity contribution >= 4 is 5.91 Å². The van der Waals surface area contributed by atoms with Crippen molar-refractivity contribution in [3.05, 3.63) is 30.3 Å². The molecule has 0 radical (unpaired) electrons. The second-order valence-electron chi connectivity index (χ2n) is 6.75. The number of likely N-dealkylation sites (tertiary alicyclic amines) is 1. The van der Waals surface area contributed by atoms with Gasteiger partial charge in [0.25, 0.3) is 0 Å². The standard InChI is InChI=1S/C19H27NO2/c21-19(17-9-3-1-4-10-17)20-13-7-8-16(14-20)15-22-18-11-5-2-6-12-18/h2,5-6,11-12,16-17H,1,3-4,7-10,13-15H2. The summed E-state index contributed by atoms with van der Waals surface area (Å²) in [6.45, 7) is 2.54. The minimum Gasteiger partial charge on any atom is -0.493 e. The summed E-state index contributed by atoms with van der Waals surface area (Å²) in [5.74, 6) is 2.10. The molecule has 0 aromatic heterocycles. The van der Waals surface area contributed by atoms with Crippen LogP contribution in [-0.2, 0) is 4.79 Å². The van der Waals surface area contributed by atoms with Gasteiger partial charge in [-0.2, -0.15) is 0 Å². The zero-order chi connectivity index (χ0) is 15.2. The van der Waals surface area contributed by atoms with Gasteiger partial charge in [0.2, 0.25) is 5.91 Å². The Bertz CT molecular complexity index is 468. The Morgan fingerprint density at radius 3 is 2.59 bits per heavy atom. The van der Waals surface area contributed by atoms with Crippen LogP contribution in [-0.4, -0.2) is 30.5 Å². The number of hydrogen-bond acceptors (Lipinski definition) is 2. The van der Waals surface area contributed by atoms with E-state index in [0.29, 0.717) is 17.7 Å². The summed E-state index contributed by atoms with van der Waals surface area (Å²) in [7, 11) is 0.